The first-order valence-corrected chi connectivity index (χ1v) is 8.21. The molecule has 0 saturated heterocycles. The van der Waals surface area contributed by atoms with Gasteiger partial charge in [-0.05, 0) is 30.7 Å². The molecule has 2 aromatic rings. The fourth-order valence-corrected chi connectivity index (χ4v) is 2.47. The van der Waals surface area contributed by atoms with Crippen LogP contribution in [0, 0.1) is 0 Å². The Morgan fingerprint density at radius 1 is 1.21 bits per heavy atom. The number of ketones is 1. The summed E-state index contributed by atoms with van der Waals surface area (Å²) in [6, 6.07) is 9.46. The van der Waals surface area contributed by atoms with E-state index in [0.29, 0.717) is 11.6 Å². The van der Waals surface area contributed by atoms with Gasteiger partial charge in [-0.15, -0.1) is 11.8 Å². The van der Waals surface area contributed by atoms with Gasteiger partial charge < -0.3 is 0 Å². The minimum Gasteiger partial charge on any atom is -0.294 e. The van der Waals surface area contributed by atoms with Crippen LogP contribution in [0.3, 0.4) is 0 Å². The van der Waals surface area contributed by atoms with Crippen molar-refractivity contribution in [3.63, 3.8) is 0 Å². The van der Waals surface area contributed by atoms with Crippen LogP contribution in [-0.4, -0.2) is 28.3 Å². The summed E-state index contributed by atoms with van der Waals surface area (Å²) in [4.78, 5) is 21.7. The number of hydrogen-bond acceptors (Lipinski definition) is 5. The zero-order valence-corrected chi connectivity index (χ0v) is 12.4. The third-order valence-corrected chi connectivity index (χ3v) is 3.89. The molecule has 0 radical (unpaired) electrons. The standard InChI is InChI=1S/C14H14N2OS2/c1-18-12-5-3-4-10(8-12)13(17)9-11-6-7-15-14(16-11)19-2/h3-8H,9H2,1-2H3. The maximum atomic E-state index is 12.2. The molecule has 3 nitrogen and oxygen atoms in total. The van der Waals surface area contributed by atoms with E-state index in [9.17, 15) is 4.79 Å². The van der Waals surface area contributed by atoms with Crippen LogP contribution >= 0.6 is 23.5 Å². The van der Waals surface area contributed by atoms with Gasteiger partial charge in [0.05, 0.1) is 12.1 Å². The minimum atomic E-state index is 0.0849. The lowest BCUT2D eigenvalue weighted by Gasteiger charge is -2.03. The lowest BCUT2D eigenvalue weighted by molar-refractivity contribution is 0.0991. The van der Waals surface area contributed by atoms with E-state index in [0.717, 1.165) is 16.2 Å². The van der Waals surface area contributed by atoms with Crippen LogP contribution in [0.2, 0.25) is 0 Å². The van der Waals surface area contributed by atoms with E-state index < -0.39 is 0 Å². The Morgan fingerprint density at radius 2 is 2.05 bits per heavy atom. The number of carbonyl (C=O) groups excluding carboxylic acids is 1. The van der Waals surface area contributed by atoms with Gasteiger partial charge in [0.15, 0.2) is 10.9 Å². The molecule has 1 aromatic heterocycles. The molecule has 1 heterocycles. The second-order valence-corrected chi connectivity index (χ2v) is 5.52. The quantitative estimate of drug-likeness (QED) is 0.480. The molecule has 0 aliphatic rings. The van der Waals surface area contributed by atoms with E-state index in [1.54, 1.807) is 24.0 Å². The summed E-state index contributed by atoms with van der Waals surface area (Å²) in [5.41, 5.74) is 1.50. The molecule has 1 aromatic carbocycles. The molecule has 19 heavy (non-hydrogen) atoms. The molecule has 0 spiro atoms. The third kappa shape index (κ3) is 3.81. The van der Waals surface area contributed by atoms with Crippen molar-refractivity contribution in [1.29, 1.82) is 0 Å². The van der Waals surface area contributed by atoms with Crippen LogP contribution in [0.25, 0.3) is 0 Å². The van der Waals surface area contributed by atoms with Crippen LogP contribution < -0.4 is 0 Å². The van der Waals surface area contributed by atoms with Gasteiger partial charge in [0.2, 0.25) is 0 Å². The largest absolute Gasteiger partial charge is 0.294 e. The fraction of sp³-hybridized carbons (Fsp3) is 0.214. The van der Waals surface area contributed by atoms with Crippen LogP contribution in [0.5, 0.6) is 0 Å². The predicted octanol–water partition coefficient (Wildman–Crippen LogP) is 3.35. The fourth-order valence-electron chi connectivity index (χ4n) is 1.64. The Hall–Kier alpha value is -1.33. The summed E-state index contributed by atoms with van der Waals surface area (Å²) in [5, 5.41) is 0.697. The van der Waals surface area contributed by atoms with Gasteiger partial charge in [-0.25, -0.2) is 9.97 Å². The molecular formula is C14H14N2OS2. The SMILES string of the molecule is CSc1cccc(C(=O)Cc2ccnc(SC)n2)c1. The molecule has 2 rings (SSSR count). The van der Waals surface area contributed by atoms with Gasteiger partial charge in [0.1, 0.15) is 0 Å². The smallest absolute Gasteiger partial charge is 0.187 e. The van der Waals surface area contributed by atoms with Crippen molar-refractivity contribution in [3.05, 3.63) is 47.8 Å². The monoisotopic (exact) mass is 290 g/mol. The summed E-state index contributed by atoms with van der Waals surface area (Å²) in [5.74, 6) is 0.0849. The highest BCUT2D eigenvalue weighted by Gasteiger charge is 2.09. The molecule has 0 unspecified atom stereocenters. The van der Waals surface area contributed by atoms with E-state index >= 15 is 0 Å². The summed E-state index contributed by atoms with van der Waals surface area (Å²) in [7, 11) is 0. The first kappa shape index (κ1) is 14.1. The van der Waals surface area contributed by atoms with Gasteiger partial charge in [-0.2, -0.15) is 0 Å². The van der Waals surface area contributed by atoms with Crippen molar-refractivity contribution in [2.45, 2.75) is 16.5 Å². The Labute approximate surface area is 121 Å². The van der Waals surface area contributed by atoms with Gasteiger partial charge in [-0.3, -0.25) is 4.79 Å². The number of aromatic nitrogens is 2. The van der Waals surface area contributed by atoms with Crippen molar-refractivity contribution >= 4 is 29.3 Å². The average Bonchev–Trinajstić information content (AvgIpc) is 2.47. The topological polar surface area (TPSA) is 42.9 Å². The second kappa shape index (κ2) is 6.73. The van der Waals surface area contributed by atoms with Crippen molar-refractivity contribution in [2.75, 3.05) is 12.5 Å². The Kier molecular flexibility index (Phi) is 4.99. The maximum absolute atomic E-state index is 12.2. The van der Waals surface area contributed by atoms with E-state index in [-0.39, 0.29) is 5.78 Å². The van der Waals surface area contributed by atoms with E-state index in [4.69, 9.17) is 0 Å². The Morgan fingerprint density at radius 3 is 2.79 bits per heavy atom. The number of benzene rings is 1. The Balaban J connectivity index is 2.15. The number of rotatable bonds is 5. The molecule has 0 N–H and O–H groups in total. The molecule has 0 atom stereocenters. The third-order valence-electron chi connectivity index (χ3n) is 2.61. The number of carbonyl (C=O) groups is 1. The molecule has 0 bridgehead atoms. The number of thioether (sulfide) groups is 2. The summed E-state index contributed by atoms with van der Waals surface area (Å²) < 4.78 is 0. The lowest BCUT2D eigenvalue weighted by Crippen LogP contribution is -2.06. The molecule has 0 amide bonds. The highest BCUT2D eigenvalue weighted by molar-refractivity contribution is 7.98. The average molecular weight is 290 g/mol. The molecule has 98 valence electrons. The van der Waals surface area contributed by atoms with E-state index in [1.165, 1.54) is 11.8 Å². The molecular weight excluding hydrogens is 276 g/mol. The molecule has 0 saturated carbocycles. The lowest BCUT2D eigenvalue weighted by atomic mass is 10.1. The zero-order valence-electron chi connectivity index (χ0n) is 10.8. The van der Waals surface area contributed by atoms with Gasteiger partial charge >= 0.3 is 0 Å². The molecule has 0 fully saturated rings. The molecule has 0 aliphatic heterocycles. The van der Waals surface area contributed by atoms with Crippen LogP contribution in [0.15, 0.2) is 46.6 Å². The van der Waals surface area contributed by atoms with Gasteiger partial charge in [0.25, 0.3) is 0 Å². The van der Waals surface area contributed by atoms with E-state index in [1.807, 2.05) is 36.8 Å². The minimum absolute atomic E-state index is 0.0849. The maximum Gasteiger partial charge on any atom is 0.187 e. The van der Waals surface area contributed by atoms with E-state index in [2.05, 4.69) is 9.97 Å². The first-order valence-electron chi connectivity index (χ1n) is 5.76. The summed E-state index contributed by atoms with van der Waals surface area (Å²) >= 11 is 3.11. The van der Waals surface area contributed by atoms with Gasteiger partial charge in [0, 0.05) is 16.7 Å². The summed E-state index contributed by atoms with van der Waals surface area (Å²) in [6.07, 6.45) is 5.93. The highest BCUT2D eigenvalue weighted by atomic mass is 32.2. The van der Waals surface area contributed by atoms with Crippen LogP contribution in [-0.2, 0) is 6.42 Å². The highest BCUT2D eigenvalue weighted by Crippen LogP contribution is 2.17. The van der Waals surface area contributed by atoms with Gasteiger partial charge in [-0.1, -0.05) is 23.9 Å². The molecule has 0 aliphatic carbocycles. The number of nitrogens with zero attached hydrogens (tertiary/aromatic N) is 2. The predicted molar refractivity (Wildman–Crippen MR) is 80.1 cm³/mol. The zero-order chi connectivity index (χ0) is 13.7. The number of Topliss-reactive ketones (excluding diaryl/α,β-unsaturated/α-hetero) is 1. The van der Waals surface area contributed by atoms with Crippen molar-refractivity contribution in [2.24, 2.45) is 0 Å². The number of hydrogen-bond donors (Lipinski definition) is 0. The summed E-state index contributed by atoms with van der Waals surface area (Å²) in [6.45, 7) is 0. The van der Waals surface area contributed by atoms with Crippen molar-refractivity contribution in [3.8, 4) is 0 Å². The first-order chi connectivity index (χ1) is 9.22. The second-order valence-electron chi connectivity index (χ2n) is 3.87. The van der Waals surface area contributed by atoms with Crippen molar-refractivity contribution in [1.82, 2.24) is 9.97 Å². The van der Waals surface area contributed by atoms with Crippen LogP contribution in [0.4, 0.5) is 0 Å². The normalized spacial score (nSPS) is 10.4. The van der Waals surface area contributed by atoms with Crippen molar-refractivity contribution < 1.29 is 4.79 Å². The Bertz CT molecular complexity index is 587. The van der Waals surface area contributed by atoms with Crippen LogP contribution in [0.1, 0.15) is 16.1 Å². The molecule has 5 heteroatoms.